The first-order valence-electron chi connectivity index (χ1n) is 10.6. The van der Waals surface area contributed by atoms with E-state index >= 15 is 0 Å². The zero-order valence-corrected chi connectivity index (χ0v) is 17.5. The average molecular weight is 368 g/mol. The van der Waals surface area contributed by atoms with Crippen molar-refractivity contribution in [3.63, 3.8) is 0 Å². The molecule has 0 aliphatic carbocycles. The Morgan fingerprint density at radius 3 is 2.50 bits per heavy atom. The zero-order chi connectivity index (χ0) is 18.8. The van der Waals surface area contributed by atoms with Crippen LogP contribution in [0, 0.1) is 5.92 Å². The SMILES string of the molecule is CCNC(=NCC1(N(C)C)CCOCC1)NCCCN1CCC(C)CC1. The molecule has 2 aliphatic heterocycles. The van der Waals surface area contributed by atoms with Crippen molar-refractivity contribution in [3.8, 4) is 0 Å². The van der Waals surface area contributed by atoms with Crippen LogP contribution in [0.2, 0.25) is 0 Å². The maximum atomic E-state index is 5.56. The molecule has 152 valence electrons. The molecule has 0 aromatic rings. The predicted molar refractivity (Wildman–Crippen MR) is 110 cm³/mol. The van der Waals surface area contributed by atoms with Crippen LogP contribution in [-0.2, 0) is 4.74 Å². The second-order valence-corrected chi connectivity index (χ2v) is 8.23. The topological polar surface area (TPSA) is 52.1 Å². The van der Waals surface area contributed by atoms with E-state index in [-0.39, 0.29) is 5.54 Å². The lowest BCUT2D eigenvalue weighted by Crippen LogP contribution is -2.51. The molecule has 2 aliphatic rings. The minimum Gasteiger partial charge on any atom is -0.381 e. The molecule has 0 spiro atoms. The Morgan fingerprint density at radius 1 is 1.19 bits per heavy atom. The van der Waals surface area contributed by atoms with Gasteiger partial charge in [0.05, 0.1) is 6.54 Å². The summed E-state index contributed by atoms with van der Waals surface area (Å²) in [5.74, 6) is 1.86. The normalized spacial score (nSPS) is 22.6. The number of rotatable bonds is 8. The lowest BCUT2D eigenvalue weighted by atomic mass is 9.89. The van der Waals surface area contributed by atoms with Crippen LogP contribution in [0.3, 0.4) is 0 Å². The molecule has 6 heteroatoms. The predicted octanol–water partition coefficient (Wildman–Crippen LogP) is 1.77. The van der Waals surface area contributed by atoms with E-state index in [1.54, 1.807) is 0 Å². The minimum atomic E-state index is 0.130. The monoisotopic (exact) mass is 367 g/mol. The van der Waals surface area contributed by atoms with Gasteiger partial charge in [-0.1, -0.05) is 6.92 Å². The number of hydrogen-bond acceptors (Lipinski definition) is 4. The molecule has 2 fully saturated rings. The van der Waals surface area contributed by atoms with E-state index in [1.807, 2.05) is 0 Å². The second-order valence-electron chi connectivity index (χ2n) is 8.23. The summed E-state index contributed by atoms with van der Waals surface area (Å²) in [5.41, 5.74) is 0.130. The Balaban J connectivity index is 1.76. The third-order valence-electron chi connectivity index (χ3n) is 6.07. The lowest BCUT2D eigenvalue weighted by Gasteiger charge is -2.41. The van der Waals surface area contributed by atoms with E-state index in [0.29, 0.717) is 0 Å². The highest BCUT2D eigenvalue weighted by Gasteiger charge is 2.34. The fourth-order valence-corrected chi connectivity index (χ4v) is 3.86. The van der Waals surface area contributed by atoms with Crippen LogP contribution in [0.4, 0.5) is 0 Å². The van der Waals surface area contributed by atoms with Crippen molar-refractivity contribution in [1.82, 2.24) is 20.4 Å². The molecule has 26 heavy (non-hydrogen) atoms. The Hall–Kier alpha value is -0.850. The number of hydrogen-bond donors (Lipinski definition) is 2. The quantitative estimate of drug-likeness (QED) is 0.389. The molecule has 6 nitrogen and oxygen atoms in total. The van der Waals surface area contributed by atoms with Crippen molar-refractivity contribution in [2.45, 2.75) is 51.5 Å². The smallest absolute Gasteiger partial charge is 0.191 e. The zero-order valence-electron chi connectivity index (χ0n) is 17.5. The van der Waals surface area contributed by atoms with Gasteiger partial charge < -0.3 is 25.2 Å². The van der Waals surface area contributed by atoms with Gasteiger partial charge in [0.2, 0.25) is 0 Å². The molecule has 0 atom stereocenters. The van der Waals surface area contributed by atoms with Gasteiger partial charge in [-0.2, -0.15) is 0 Å². The highest BCUT2D eigenvalue weighted by molar-refractivity contribution is 5.79. The molecule has 2 saturated heterocycles. The van der Waals surface area contributed by atoms with Gasteiger partial charge in [0.1, 0.15) is 0 Å². The molecule has 0 aromatic carbocycles. The molecule has 0 saturated carbocycles. The van der Waals surface area contributed by atoms with Gasteiger partial charge in [-0.15, -0.1) is 0 Å². The summed E-state index contributed by atoms with van der Waals surface area (Å²) in [6, 6.07) is 0. The fraction of sp³-hybridized carbons (Fsp3) is 0.950. The average Bonchev–Trinajstić information content (AvgIpc) is 2.65. The van der Waals surface area contributed by atoms with E-state index in [9.17, 15) is 0 Å². The molecule has 2 rings (SSSR count). The molecule has 0 radical (unpaired) electrons. The highest BCUT2D eigenvalue weighted by Crippen LogP contribution is 2.26. The van der Waals surface area contributed by atoms with Gasteiger partial charge in [-0.25, -0.2) is 0 Å². The first kappa shape index (κ1) is 21.5. The van der Waals surface area contributed by atoms with Crippen molar-refractivity contribution in [1.29, 1.82) is 0 Å². The Kier molecular flexibility index (Phi) is 9.16. The van der Waals surface area contributed by atoms with E-state index in [2.05, 4.69) is 48.4 Å². The van der Waals surface area contributed by atoms with E-state index < -0.39 is 0 Å². The molecular formula is C20H41N5O. The van der Waals surface area contributed by atoms with Gasteiger partial charge in [-0.05, 0) is 78.7 Å². The number of likely N-dealkylation sites (N-methyl/N-ethyl adjacent to an activating group) is 1. The summed E-state index contributed by atoms with van der Waals surface area (Å²) in [5, 5.41) is 6.93. The highest BCUT2D eigenvalue weighted by atomic mass is 16.5. The van der Waals surface area contributed by atoms with Gasteiger partial charge in [0, 0.05) is 31.8 Å². The molecular weight excluding hydrogens is 326 g/mol. The maximum Gasteiger partial charge on any atom is 0.191 e. The number of likely N-dealkylation sites (tertiary alicyclic amines) is 1. The summed E-state index contributed by atoms with van der Waals surface area (Å²) >= 11 is 0. The van der Waals surface area contributed by atoms with E-state index in [1.165, 1.54) is 38.9 Å². The molecule has 0 unspecified atom stereocenters. The lowest BCUT2D eigenvalue weighted by molar-refractivity contribution is -0.00254. The number of nitrogens with zero attached hydrogens (tertiary/aromatic N) is 3. The van der Waals surface area contributed by atoms with Gasteiger partial charge in [-0.3, -0.25) is 4.99 Å². The van der Waals surface area contributed by atoms with Crippen LogP contribution in [0.25, 0.3) is 0 Å². The molecule has 0 amide bonds. The molecule has 2 N–H and O–H groups in total. The summed E-state index contributed by atoms with van der Waals surface area (Å²) in [7, 11) is 4.33. The number of nitrogens with one attached hydrogen (secondary N) is 2. The molecule has 0 aromatic heterocycles. The Labute approximate surface area is 160 Å². The van der Waals surface area contributed by atoms with Crippen molar-refractivity contribution in [3.05, 3.63) is 0 Å². The van der Waals surface area contributed by atoms with Crippen molar-refractivity contribution in [2.24, 2.45) is 10.9 Å². The van der Waals surface area contributed by atoms with Crippen LogP contribution in [0.5, 0.6) is 0 Å². The van der Waals surface area contributed by atoms with Crippen LogP contribution in [0.15, 0.2) is 4.99 Å². The van der Waals surface area contributed by atoms with Crippen LogP contribution >= 0.6 is 0 Å². The van der Waals surface area contributed by atoms with Crippen LogP contribution in [0.1, 0.15) is 46.0 Å². The second kappa shape index (κ2) is 11.1. The Morgan fingerprint density at radius 2 is 1.88 bits per heavy atom. The number of ether oxygens (including phenoxy) is 1. The number of piperidine rings is 1. The summed E-state index contributed by atoms with van der Waals surface area (Å²) < 4.78 is 5.56. The summed E-state index contributed by atoms with van der Waals surface area (Å²) in [4.78, 5) is 9.85. The third-order valence-corrected chi connectivity index (χ3v) is 6.07. The van der Waals surface area contributed by atoms with Crippen molar-refractivity contribution >= 4 is 5.96 Å². The van der Waals surface area contributed by atoms with Gasteiger partial charge >= 0.3 is 0 Å². The van der Waals surface area contributed by atoms with E-state index in [4.69, 9.17) is 9.73 Å². The van der Waals surface area contributed by atoms with Crippen LogP contribution in [-0.4, -0.2) is 87.9 Å². The minimum absolute atomic E-state index is 0.130. The first-order chi connectivity index (χ1) is 12.6. The summed E-state index contributed by atoms with van der Waals surface area (Å²) in [6.07, 6.45) is 5.99. The Bertz CT molecular complexity index is 412. The van der Waals surface area contributed by atoms with E-state index in [0.717, 1.165) is 57.6 Å². The number of guanidine groups is 1. The number of aliphatic imine (C=N–C) groups is 1. The van der Waals surface area contributed by atoms with Crippen molar-refractivity contribution < 1.29 is 4.74 Å². The molecule has 0 bridgehead atoms. The standard InChI is InChI=1S/C20H41N5O/c1-5-21-19(22-11-6-12-25-13-7-18(2)8-14-25)23-17-20(24(3)4)9-15-26-16-10-20/h18H,5-17H2,1-4H3,(H2,21,22,23). The third kappa shape index (κ3) is 6.71. The molecule has 2 heterocycles. The van der Waals surface area contributed by atoms with Crippen molar-refractivity contribution in [2.75, 3.05) is 66.6 Å². The van der Waals surface area contributed by atoms with Gasteiger partial charge in [0.15, 0.2) is 5.96 Å². The summed E-state index contributed by atoms with van der Waals surface area (Å²) in [6.45, 7) is 12.6. The first-order valence-corrected chi connectivity index (χ1v) is 10.6. The van der Waals surface area contributed by atoms with Crippen LogP contribution < -0.4 is 10.6 Å². The fourth-order valence-electron chi connectivity index (χ4n) is 3.86. The van der Waals surface area contributed by atoms with Gasteiger partial charge in [0.25, 0.3) is 0 Å². The maximum absolute atomic E-state index is 5.56. The largest absolute Gasteiger partial charge is 0.381 e.